The van der Waals surface area contributed by atoms with Crippen molar-refractivity contribution in [3.8, 4) is 0 Å². The van der Waals surface area contributed by atoms with Crippen LogP contribution in [0.25, 0.3) is 9.53 Å². The summed E-state index contributed by atoms with van der Waals surface area (Å²) in [6, 6.07) is 17.7. The number of fused-ring (bicyclic) bond motifs is 1. The number of ether oxygens (including phenoxy) is 2. The quantitative estimate of drug-likeness (QED) is 0.182. The van der Waals surface area contributed by atoms with Gasteiger partial charge in [-0.25, -0.2) is 4.98 Å². The van der Waals surface area contributed by atoms with E-state index in [-0.39, 0.29) is 5.97 Å². The van der Waals surface area contributed by atoms with Gasteiger partial charge in [-0.1, -0.05) is 34.8 Å². The molecule has 0 amide bonds. The predicted molar refractivity (Wildman–Crippen MR) is 142 cm³/mol. The molecule has 5 rings (SSSR count). The minimum absolute atomic E-state index is 0.268. The number of hydrogen-bond acceptors (Lipinski definition) is 11. The minimum Gasteiger partial charge on any atom is -0.466 e. The summed E-state index contributed by atoms with van der Waals surface area (Å²) in [6.07, 6.45) is 0.670. The molecule has 36 heavy (non-hydrogen) atoms. The molecule has 184 valence electrons. The fourth-order valence-electron chi connectivity index (χ4n) is 3.60. The standard InChI is InChI=1S/C25H24N6O3S2/c1-17(32)34-13-10-18-2-4-19(5-3-18)27-29-23-16-22-24(36-23)26-25(35-22)30-28-20-6-8-21(9-7-20)31-11-14-33-15-12-31/h2-9,16H,10-15H2,1H3. The average Bonchev–Trinajstić information content (AvgIpc) is 3.46. The second-order valence-corrected chi connectivity index (χ2v) is 10.0. The van der Waals surface area contributed by atoms with Crippen LogP contribution in [0.5, 0.6) is 0 Å². The van der Waals surface area contributed by atoms with Crippen LogP contribution in [0.3, 0.4) is 0 Å². The number of benzene rings is 2. The largest absolute Gasteiger partial charge is 0.466 e. The molecule has 1 fully saturated rings. The van der Waals surface area contributed by atoms with Crippen molar-refractivity contribution >= 4 is 65.4 Å². The number of morpholine rings is 1. The van der Waals surface area contributed by atoms with E-state index in [1.54, 1.807) is 0 Å². The molecule has 0 aliphatic carbocycles. The molecule has 3 heterocycles. The predicted octanol–water partition coefficient (Wildman–Crippen LogP) is 7.13. The number of esters is 1. The Morgan fingerprint density at radius 2 is 1.67 bits per heavy atom. The molecular formula is C25H24N6O3S2. The Labute approximate surface area is 216 Å². The number of rotatable bonds is 8. The third-order valence-corrected chi connectivity index (χ3v) is 7.37. The Kier molecular flexibility index (Phi) is 7.70. The van der Waals surface area contributed by atoms with E-state index in [0.717, 1.165) is 57.8 Å². The van der Waals surface area contributed by atoms with Gasteiger partial charge >= 0.3 is 5.97 Å². The van der Waals surface area contributed by atoms with Crippen LogP contribution in [-0.4, -0.2) is 43.9 Å². The monoisotopic (exact) mass is 520 g/mol. The molecular weight excluding hydrogens is 496 g/mol. The second kappa shape index (κ2) is 11.5. The van der Waals surface area contributed by atoms with Crippen LogP contribution in [0.4, 0.5) is 27.2 Å². The van der Waals surface area contributed by atoms with E-state index in [1.165, 1.54) is 35.3 Å². The molecule has 0 bridgehead atoms. The Morgan fingerprint density at radius 3 is 2.36 bits per heavy atom. The summed E-state index contributed by atoms with van der Waals surface area (Å²) in [6.45, 7) is 5.12. The molecule has 1 aliphatic rings. The number of carbonyl (C=O) groups is 1. The lowest BCUT2D eigenvalue weighted by Crippen LogP contribution is -2.36. The third kappa shape index (κ3) is 6.36. The second-order valence-electron chi connectivity index (χ2n) is 8.02. The maximum Gasteiger partial charge on any atom is 0.302 e. The Bertz CT molecular complexity index is 1340. The number of hydrogen-bond donors (Lipinski definition) is 0. The Balaban J connectivity index is 1.17. The summed E-state index contributed by atoms with van der Waals surface area (Å²) < 4.78 is 11.4. The molecule has 4 aromatic rings. The summed E-state index contributed by atoms with van der Waals surface area (Å²) in [7, 11) is 0. The summed E-state index contributed by atoms with van der Waals surface area (Å²) >= 11 is 2.94. The summed E-state index contributed by atoms with van der Waals surface area (Å²) in [4.78, 5) is 18.6. The zero-order valence-corrected chi connectivity index (χ0v) is 21.3. The highest BCUT2D eigenvalue weighted by Gasteiger charge is 2.11. The molecule has 0 N–H and O–H groups in total. The smallest absolute Gasteiger partial charge is 0.302 e. The molecule has 9 nitrogen and oxygen atoms in total. The first-order valence-electron chi connectivity index (χ1n) is 11.5. The number of thiazole rings is 1. The molecule has 0 atom stereocenters. The lowest BCUT2D eigenvalue weighted by Gasteiger charge is -2.28. The van der Waals surface area contributed by atoms with Gasteiger partial charge in [-0.2, -0.15) is 0 Å². The minimum atomic E-state index is -0.268. The first-order chi connectivity index (χ1) is 17.6. The van der Waals surface area contributed by atoms with Crippen LogP contribution >= 0.6 is 22.7 Å². The van der Waals surface area contributed by atoms with Crippen molar-refractivity contribution in [2.45, 2.75) is 13.3 Å². The van der Waals surface area contributed by atoms with Gasteiger partial charge in [0.05, 0.1) is 35.9 Å². The normalized spacial score (nSPS) is 14.3. The zero-order valence-electron chi connectivity index (χ0n) is 19.7. The third-order valence-electron chi connectivity index (χ3n) is 5.44. The Hall–Kier alpha value is -3.54. The van der Waals surface area contributed by atoms with Crippen LogP contribution in [0.15, 0.2) is 75.1 Å². The number of nitrogens with zero attached hydrogens (tertiary/aromatic N) is 6. The van der Waals surface area contributed by atoms with Crippen molar-refractivity contribution in [3.63, 3.8) is 0 Å². The molecule has 11 heteroatoms. The molecule has 0 saturated carbocycles. The maximum absolute atomic E-state index is 10.9. The number of anilines is 1. The highest BCUT2D eigenvalue weighted by molar-refractivity contribution is 7.30. The van der Waals surface area contributed by atoms with Gasteiger partial charge in [-0.05, 0) is 48.0 Å². The van der Waals surface area contributed by atoms with Crippen molar-refractivity contribution in [1.82, 2.24) is 4.98 Å². The summed E-state index contributed by atoms with van der Waals surface area (Å²) in [5.74, 6) is -0.268. The van der Waals surface area contributed by atoms with E-state index in [2.05, 4.69) is 42.5 Å². The van der Waals surface area contributed by atoms with E-state index >= 15 is 0 Å². The summed E-state index contributed by atoms with van der Waals surface area (Å²) in [5.41, 5.74) is 3.79. The van der Waals surface area contributed by atoms with Gasteiger partial charge in [0.2, 0.25) is 5.13 Å². The van der Waals surface area contributed by atoms with E-state index in [4.69, 9.17) is 9.47 Å². The van der Waals surface area contributed by atoms with Gasteiger partial charge in [0.15, 0.2) is 0 Å². The van der Waals surface area contributed by atoms with Gasteiger partial charge in [-0.3, -0.25) is 4.79 Å². The van der Waals surface area contributed by atoms with Gasteiger partial charge in [0.1, 0.15) is 9.83 Å². The van der Waals surface area contributed by atoms with E-state index in [9.17, 15) is 4.79 Å². The van der Waals surface area contributed by atoms with E-state index in [0.29, 0.717) is 18.2 Å². The highest BCUT2D eigenvalue weighted by atomic mass is 32.1. The SMILES string of the molecule is CC(=O)OCCc1ccc(N=Nc2cc3sc(N=Nc4ccc(N5CCOCC5)cc4)nc3s2)cc1. The topological polar surface area (TPSA) is 101 Å². The highest BCUT2D eigenvalue weighted by Crippen LogP contribution is 2.39. The lowest BCUT2D eigenvalue weighted by molar-refractivity contribution is -0.140. The summed E-state index contributed by atoms with van der Waals surface area (Å²) in [5, 5.41) is 18.7. The van der Waals surface area contributed by atoms with E-state index in [1.807, 2.05) is 42.5 Å². The van der Waals surface area contributed by atoms with Crippen molar-refractivity contribution in [3.05, 3.63) is 60.2 Å². The molecule has 2 aromatic carbocycles. The maximum atomic E-state index is 10.9. The van der Waals surface area contributed by atoms with Crippen molar-refractivity contribution in [1.29, 1.82) is 0 Å². The van der Waals surface area contributed by atoms with Crippen molar-refractivity contribution in [2.75, 3.05) is 37.8 Å². The Morgan fingerprint density at radius 1 is 0.972 bits per heavy atom. The van der Waals surface area contributed by atoms with Crippen LogP contribution in [0, 0.1) is 0 Å². The van der Waals surface area contributed by atoms with Crippen LogP contribution in [0.2, 0.25) is 0 Å². The molecule has 1 saturated heterocycles. The van der Waals surface area contributed by atoms with Crippen LogP contribution < -0.4 is 4.90 Å². The van der Waals surface area contributed by atoms with Crippen molar-refractivity contribution in [2.24, 2.45) is 20.5 Å². The lowest BCUT2D eigenvalue weighted by atomic mass is 10.1. The average molecular weight is 521 g/mol. The zero-order chi connectivity index (χ0) is 24.7. The van der Waals surface area contributed by atoms with Gasteiger partial charge in [0, 0.05) is 32.1 Å². The first-order valence-corrected chi connectivity index (χ1v) is 13.1. The number of azo groups is 2. The van der Waals surface area contributed by atoms with Crippen molar-refractivity contribution < 1.29 is 14.3 Å². The molecule has 0 radical (unpaired) electrons. The van der Waals surface area contributed by atoms with Gasteiger partial charge < -0.3 is 14.4 Å². The fraction of sp³-hybridized carbons (Fsp3) is 0.280. The van der Waals surface area contributed by atoms with Crippen LogP contribution in [-0.2, 0) is 20.7 Å². The van der Waals surface area contributed by atoms with Gasteiger partial charge in [0.25, 0.3) is 0 Å². The molecule has 2 aromatic heterocycles. The fourth-order valence-corrected chi connectivity index (χ4v) is 5.45. The number of thiophene rings is 1. The molecule has 1 aliphatic heterocycles. The molecule has 0 unspecified atom stereocenters. The first kappa shape index (κ1) is 24.2. The van der Waals surface area contributed by atoms with E-state index < -0.39 is 0 Å². The number of aromatic nitrogens is 1. The molecule has 0 spiro atoms. The van der Waals surface area contributed by atoms with Crippen LogP contribution in [0.1, 0.15) is 12.5 Å². The van der Waals surface area contributed by atoms with Gasteiger partial charge in [-0.15, -0.1) is 20.5 Å². The number of carbonyl (C=O) groups excluding carboxylic acids is 1.